The Morgan fingerprint density at radius 3 is 2.33 bits per heavy atom. The normalized spacial score (nSPS) is 11.3. The Morgan fingerprint density at radius 1 is 0.810 bits per heavy atom. The van der Waals surface area contributed by atoms with Gasteiger partial charge >= 0.3 is 0 Å². The Hall–Kier alpha value is -2.39. The number of halogens is 1. The summed E-state index contributed by atoms with van der Waals surface area (Å²) in [5.41, 5.74) is 2.34. The smallest absolute Gasteiger partial charge is 0.123 e. The van der Waals surface area contributed by atoms with Gasteiger partial charge in [0.2, 0.25) is 0 Å². The van der Waals surface area contributed by atoms with Crippen LogP contribution in [-0.2, 0) is 0 Å². The van der Waals surface area contributed by atoms with Gasteiger partial charge in [-0.15, -0.1) is 5.11 Å². The Bertz CT molecular complexity index is 843. The van der Waals surface area contributed by atoms with Crippen LogP contribution in [-0.4, -0.2) is 5.11 Å². The zero-order chi connectivity index (χ0) is 14.8. The van der Waals surface area contributed by atoms with E-state index in [-0.39, 0.29) is 5.75 Å². The summed E-state index contributed by atoms with van der Waals surface area (Å²) >= 11 is 6.08. The monoisotopic (exact) mass is 296 g/mol. The lowest BCUT2D eigenvalue weighted by Gasteiger charge is -2.04. The van der Waals surface area contributed by atoms with Crippen molar-refractivity contribution in [1.82, 2.24) is 0 Å². The molecule has 0 aliphatic carbocycles. The minimum absolute atomic E-state index is 0.239. The van der Waals surface area contributed by atoms with Gasteiger partial charge in [-0.3, -0.25) is 0 Å². The number of benzene rings is 3. The number of nitrogens with zero attached hydrogens (tertiary/aromatic N) is 2. The van der Waals surface area contributed by atoms with Crippen molar-refractivity contribution in [3.8, 4) is 5.75 Å². The van der Waals surface area contributed by atoms with Crippen molar-refractivity contribution in [2.24, 2.45) is 10.2 Å². The average Bonchev–Trinajstić information content (AvgIpc) is 2.51. The van der Waals surface area contributed by atoms with Gasteiger partial charge in [-0.25, -0.2) is 0 Å². The molecule has 3 aromatic carbocycles. The van der Waals surface area contributed by atoms with E-state index in [9.17, 15) is 5.11 Å². The summed E-state index contributed by atoms with van der Waals surface area (Å²) in [6, 6.07) is 16.5. The van der Waals surface area contributed by atoms with E-state index in [0.717, 1.165) is 22.0 Å². The van der Waals surface area contributed by atoms with Crippen molar-refractivity contribution in [3.63, 3.8) is 0 Å². The third-order valence-corrected chi connectivity index (χ3v) is 3.79. The van der Waals surface area contributed by atoms with Crippen molar-refractivity contribution >= 4 is 33.7 Å². The zero-order valence-electron chi connectivity index (χ0n) is 11.4. The standard InChI is InChI=1S/C17H13ClN2O/c1-11-14(18)7-4-8-15(11)19-20-16-9-10-17(21)13-6-3-2-5-12(13)16/h2-10,21H,1H3. The first-order valence-corrected chi connectivity index (χ1v) is 6.92. The van der Waals surface area contributed by atoms with Gasteiger partial charge < -0.3 is 5.11 Å². The van der Waals surface area contributed by atoms with Crippen LogP contribution in [0.25, 0.3) is 10.8 Å². The van der Waals surface area contributed by atoms with Crippen molar-refractivity contribution < 1.29 is 5.11 Å². The van der Waals surface area contributed by atoms with E-state index in [0.29, 0.717) is 10.7 Å². The molecular weight excluding hydrogens is 284 g/mol. The van der Waals surface area contributed by atoms with Crippen LogP contribution in [0.4, 0.5) is 11.4 Å². The predicted octanol–water partition coefficient (Wildman–Crippen LogP) is 5.92. The number of aromatic hydroxyl groups is 1. The fourth-order valence-corrected chi connectivity index (χ4v) is 2.34. The molecule has 3 aromatic rings. The molecule has 0 aliphatic rings. The molecule has 21 heavy (non-hydrogen) atoms. The first kappa shape index (κ1) is 13.6. The number of hydrogen-bond acceptors (Lipinski definition) is 3. The Morgan fingerprint density at radius 2 is 1.52 bits per heavy atom. The van der Waals surface area contributed by atoms with Gasteiger partial charge in [-0.1, -0.05) is 41.9 Å². The summed E-state index contributed by atoms with van der Waals surface area (Å²) < 4.78 is 0. The van der Waals surface area contributed by atoms with Crippen molar-refractivity contribution in [1.29, 1.82) is 0 Å². The SMILES string of the molecule is Cc1c(Cl)cccc1N=Nc1ccc(O)c2ccccc12. The van der Waals surface area contributed by atoms with E-state index in [1.807, 2.05) is 49.4 Å². The molecule has 0 unspecified atom stereocenters. The van der Waals surface area contributed by atoms with Crippen molar-refractivity contribution in [3.05, 3.63) is 65.2 Å². The lowest BCUT2D eigenvalue weighted by Crippen LogP contribution is -1.76. The topological polar surface area (TPSA) is 45.0 Å². The summed E-state index contributed by atoms with van der Waals surface area (Å²) in [7, 11) is 0. The number of phenols is 1. The fraction of sp³-hybridized carbons (Fsp3) is 0.0588. The largest absolute Gasteiger partial charge is 0.507 e. The Balaban J connectivity index is 2.08. The van der Waals surface area contributed by atoms with E-state index >= 15 is 0 Å². The number of rotatable bonds is 2. The van der Waals surface area contributed by atoms with Gasteiger partial charge in [-0.2, -0.15) is 5.11 Å². The van der Waals surface area contributed by atoms with Gasteiger partial charge in [0.05, 0.1) is 11.4 Å². The molecule has 104 valence electrons. The summed E-state index contributed by atoms with van der Waals surface area (Å²) in [6.45, 7) is 1.91. The summed E-state index contributed by atoms with van der Waals surface area (Å²) in [5, 5.41) is 20.7. The molecule has 0 heterocycles. The van der Waals surface area contributed by atoms with Crippen LogP contribution in [0.3, 0.4) is 0 Å². The Kier molecular flexibility index (Phi) is 3.59. The molecule has 0 saturated carbocycles. The minimum atomic E-state index is 0.239. The predicted molar refractivity (Wildman–Crippen MR) is 86.0 cm³/mol. The highest BCUT2D eigenvalue weighted by Gasteiger charge is 2.05. The first-order valence-electron chi connectivity index (χ1n) is 6.54. The zero-order valence-corrected chi connectivity index (χ0v) is 12.2. The van der Waals surface area contributed by atoms with Crippen LogP contribution in [0.1, 0.15) is 5.56 Å². The highest BCUT2D eigenvalue weighted by molar-refractivity contribution is 6.31. The molecule has 0 bridgehead atoms. The van der Waals surface area contributed by atoms with Gasteiger partial charge in [0.25, 0.3) is 0 Å². The molecule has 0 aromatic heterocycles. The minimum Gasteiger partial charge on any atom is -0.507 e. The molecule has 3 nitrogen and oxygen atoms in total. The highest BCUT2D eigenvalue weighted by Crippen LogP contribution is 2.34. The van der Waals surface area contributed by atoms with Crippen LogP contribution in [0, 0.1) is 6.92 Å². The lowest BCUT2D eigenvalue weighted by atomic mass is 10.1. The van der Waals surface area contributed by atoms with Crippen LogP contribution < -0.4 is 0 Å². The molecule has 4 heteroatoms. The van der Waals surface area contributed by atoms with Gasteiger partial charge in [0.1, 0.15) is 5.75 Å². The van der Waals surface area contributed by atoms with Gasteiger partial charge in [0.15, 0.2) is 0 Å². The maximum absolute atomic E-state index is 9.87. The molecule has 0 atom stereocenters. The molecule has 0 saturated heterocycles. The number of hydrogen-bond donors (Lipinski definition) is 1. The molecule has 0 spiro atoms. The van der Waals surface area contributed by atoms with E-state index < -0.39 is 0 Å². The van der Waals surface area contributed by atoms with E-state index in [4.69, 9.17) is 11.6 Å². The van der Waals surface area contributed by atoms with E-state index in [1.165, 1.54) is 0 Å². The molecule has 0 fully saturated rings. The van der Waals surface area contributed by atoms with Gasteiger partial charge in [-0.05, 0) is 36.8 Å². The number of phenolic OH excluding ortho intramolecular Hbond substituents is 1. The second-order valence-corrected chi connectivity index (χ2v) is 5.14. The summed E-state index contributed by atoms with van der Waals surface area (Å²) in [4.78, 5) is 0. The number of azo groups is 1. The van der Waals surface area contributed by atoms with Crippen LogP contribution in [0.15, 0.2) is 64.8 Å². The second kappa shape index (κ2) is 5.54. The molecule has 0 aliphatic heterocycles. The summed E-state index contributed by atoms with van der Waals surface area (Å²) in [5.74, 6) is 0.239. The van der Waals surface area contributed by atoms with Gasteiger partial charge in [0, 0.05) is 15.8 Å². The van der Waals surface area contributed by atoms with E-state index in [1.54, 1.807) is 12.1 Å². The van der Waals surface area contributed by atoms with Crippen molar-refractivity contribution in [2.75, 3.05) is 0 Å². The maximum Gasteiger partial charge on any atom is 0.123 e. The molecular formula is C17H13ClN2O. The molecule has 0 radical (unpaired) electrons. The quantitative estimate of drug-likeness (QED) is 0.586. The van der Waals surface area contributed by atoms with Crippen LogP contribution >= 0.6 is 11.6 Å². The van der Waals surface area contributed by atoms with Crippen LogP contribution in [0.2, 0.25) is 5.02 Å². The molecule has 3 rings (SSSR count). The fourth-order valence-electron chi connectivity index (χ4n) is 2.17. The Labute approximate surface area is 127 Å². The third kappa shape index (κ3) is 2.60. The average molecular weight is 297 g/mol. The molecule has 0 amide bonds. The van der Waals surface area contributed by atoms with Crippen molar-refractivity contribution in [2.45, 2.75) is 6.92 Å². The second-order valence-electron chi connectivity index (χ2n) is 4.73. The first-order chi connectivity index (χ1) is 10.2. The molecule has 1 N–H and O–H groups in total. The number of fused-ring (bicyclic) bond motifs is 1. The van der Waals surface area contributed by atoms with E-state index in [2.05, 4.69) is 10.2 Å². The highest BCUT2D eigenvalue weighted by atomic mass is 35.5. The van der Waals surface area contributed by atoms with Crippen LogP contribution in [0.5, 0.6) is 5.75 Å². The third-order valence-electron chi connectivity index (χ3n) is 3.38. The summed E-state index contributed by atoms with van der Waals surface area (Å²) in [6.07, 6.45) is 0. The lowest BCUT2D eigenvalue weighted by molar-refractivity contribution is 0.481. The maximum atomic E-state index is 9.87.